The lowest BCUT2D eigenvalue weighted by Crippen LogP contribution is -3.09. The quantitative estimate of drug-likeness (QED) is 0.448. The van der Waals surface area contributed by atoms with Gasteiger partial charge >= 0.3 is 0 Å². The molecule has 1 aliphatic rings. The van der Waals surface area contributed by atoms with Crippen molar-refractivity contribution in [2.75, 3.05) is 13.1 Å². The maximum Gasteiger partial charge on any atom is 0.0556 e. The van der Waals surface area contributed by atoms with Crippen LogP contribution in [0, 0.1) is 18.9 Å². The SMILES string of the molecule is [CH2-][NH+]1C[C@H](C)C[C@H](C)C1. The molecule has 1 rings (SSSR count). The van der Waals surface area contributed by atoms with Crippen LogP contribution in [0.2, 0.25) is 0 Å². The highest BCUT2D eigenvalue weighted by Crippen LogP contribution is 2.11. The zero-order valence-corrected chi connectivity index (χ0v) is 6.48. The fourth-order valence-electron chi connectivity index (χ4n) is 1.92. The number of quaternary nitrogens is 1. The highest BCUT2D eigenvalue weighted by atomic mass is 15.1. The molecule has 9 heavy (non-hydrogen) atoms. The average molecular weight is 127 g/mol. The molecular formula is C8H17N. The molecule has 1 saturated heterocycles. The summed E-state index contributed by atoms with van der Waals surface area (Å²) in [6, 6.07) is 0. The van der Waals surface area contributed by atoms with Crippen LogP contribution in [-0.2, 0) is 0 Å². The van der Waals surface area contributed by atoms with Gasteiger partial charge in [0, 0.05) is 11.8 Å². The van der Waals surface area contributed by atoms with Gasteiger partial charge in [-0.15, -0.1) is 0 Å². The summed E-state index contributed by atoms with van der Waals surface area (Å²) in [5.74, 6) is 1.78. The second-order valence-electron chi connectivity index (χ2n) is 3.60. The molecule has 1 nitrogen and oxygen atoms in total. The predicted molar refractivity (Wildman–Crippen MR) is 39.0 cm³/mol. The van der Waals surface area contributed by atoms with Gasteiger partial charge in [0.1, 0.15) is 0 Å². The topological polar surface area (TPSA) is 4.44 Å². The summed E-state index contributed by atoms with van der Waals surface area (Å²) in [5, 5.41) is 0. The van der Waals surface area contributed by atoms with Gasteiger partial charge in [0.15, 0.2) is 0 Å². The fourth-order valence-corrected chi connectivity index (χ4v) is 1.92. The van der Waals surface area contributed by atoms with Gasteiger partial charge in [-0.2, -0.15) is 7.05 Å². The predicted octanol–water partition coefficient (Wildman–Crippen LogP) is 0.339. The van der Waals surface area contributed by atoms with E-state index in [0.29, 0.717) is 0 Å². The van der Waals surface area contributed by atoms with Crippen LogP contribution in [0.25, 0.3) is 0 Å². The van der Waals surface area contributed by atoms with Crippen LogP contribution in [0.5, 0.6) is 0 Å². The molecule has 1 fully saturated rings. The molecule has 0 bridgehead atoms. The smallest absolute Gasteiger partial charge is 0.0556 e. The Kier molecular flexibility index (Phi) is 2.12. The minimum atomic E-state index is 0.890. The van der Waals surface area contributed by atoms with E-state index in [9.17, 15) is 0 Å². The van der Waals surface area contributed by atoms with E-state index in [0.717, 1.165) is 11.8 Å². The highest BCUT2D eigenvalue weighted by molar-refractivity contribution is 4.61. The Bertz CT molecular complexity index is 65.5. The van der Waals surface area contributed by atoms with Gasteiger partial charge in [0.2, 0.25) is 0 Å². The first kappa shape index (κ1) is 7.07. The van der Waals surface area contributed by atoms with Gasteiger partial charge in [0.25, 0.3) is 0 Å². The maximum absolute atomic E-state index is 4.01. The summed E-state index contributed by atoms with van der Waals surface area (Å²) in [6.45, 7) is 7.18. The van der Waals surface area contributed by atoms with Crippen molar-refractivity contribution in [3.05, 3.63) is 7.05 Å². The molecule has 0 amide bonds. The third-order valence-corrected chi connectivity index (χ3v) is 2.08. The van der Waals surface area contributed by atoms with Gasteiger partial charge in [0.05, 0.1) is 13.1 Å². The first-order valence-electron chi connectivity index (χ1n) is 3.85. The maximum atomic E-state index is 4.01. The Balaban J connectivity index is 2.34. The molecule has 0 aromatic rings. The van der Waals surface area contributed by atoms with Crippen molar-refractivity contribution in [1.29, 1.82) is 0 Å². The molecule has 1 unspecified atom stereocenters. The summed E-state index contributed by atoms with van der Waals surface area (Å²) in [6.07, 6.45) is 1.40. The van der Waals surface area contributed by atoms with Crippen molar-refractivity contribution in [3.63, 3.8) is 0 Å². The van der Waals surface area contributed by atoms with E-state index < -0.39 is 0 Å². The molecule has 0 spiro atoms. The second kappa shape index (κ2) is 2.70. The first-order valence-corrected chi connectivity index (χ1v) is 3.85. The number of hydrogen-bond donors (Lipinski definition) is 1. The van der Waals surface area contributed by atoms with E-state index in [2.05, 4.69) is 20.9 Å². The van der Waals surface area contributed by atoms with Gasteiger partial charge in [-0.05, 0) is 6.42 Å². The van der Waals surface area contributed by atoms with Gasteiger partial charge in [-0.3, -0.25) is 0 Å². The molecule has 0 aliphatic carbocycles. The third kappa shape index (κ3) is 1.98. The standard InChI is InChI=1S/C8H17N/c1-7-4-8(2)6-9(3)5-7/h7-9H,3-6H2,1-2H3/t7-,8+. The monoisotopic (exact) mass is 127 g/mol. The van der Waals surface area contributed by atoms with Crippen LogP contribution in [0.3, 0.4) is 0 Å². The van der Waals surface area contributed by atoms with Crippen LogP contribution >= 0.6 is 0 Å². The molecule has 3 atom stereocenters. The largest absolute Gasteiger partial charge is 0.467 e. The first-order chi connectivity index (χ1) is 4.18. The van der Waals surface area contributed by atoms with Gasteiger partial charge in [-0.1, -0.05) is 13.8 Å². The zero-order valence-electron chi connectivity index (χ0n) is 6.48. The lowest BCUT2D eigenvalue weighted by molar-refractivity contribution is -0.867. The molecule has 0 saturated carbocycles. The Morgan fingerprint density at radius 2 is 1.67 bits per heavy atom. The average Bonchev–Trinajstić information content (AvgIpc) is 1.59. The normalized spacial score (nSPS) is 45.0. The molecule has 1 heterocycles. The van der Waals surface area contributed by atoms with Crippen LogP contribution in [0.15, 0.2) is 0 Å². The van der Waals surface area contributed by atoms with E-state index in [1.54, 1.807) is 0 Å². The van der Waals surface area contributed by atoms with Gasteiger partial charge < -0.3 is 4.90 Å². The molecule has 1 N–H and O–H groups in total. The van der Waals surface area contributed by atoms with Crippen molar-refractivity contribution in [2.24, 2.45) is 11.8 Å². The van der Waals surface area contributed by atoms with E-state index >= 15 is 0 Å². The Labute approximate surface area is 58.0 Å². The second-order valence-corrected chi connectivity index (χ2v) is 3.60. The number of likely N-dealkylation sites (tertiary alicyclic amines) is 1. The molecule has 0 radical (unpaired) electrons. The van der Waals surface area contributed by atoms with Crippen molar-refractivity contribution in [3.8, 4) is 0 Å². The van der Waals surface area contributed by atoms with Crippen molar-refractivity contribution in [2.45, 2.75) is 20.3 Å². The Morgan fingerprint density at radius 3 is 2.00 bits per heavy atom. The molecule has 1 aliphatic heterocycles. The molecule has 54 valence electrons. The minimum Gasteiger partial charge on any atom is -0.467 e. The van der Waals surface area contributed by atoms with Crippen LogP contribution in [-0.4, -0.2) is 13.1 Å². The molecular weight excluding hydrogens is 110 g/mol. The molecule has 0 aromatic heterocycles. The third-order valence-electron chi connectivity index (χ3n) is 2.08. The molecule has 0 aromatic carbocycles. The number of nitrogens with one attached hydrogen (secondary N) is 1. The zero-order chi connectivity index (χ0) is 6.85. The van der Waals surface area contributed by atoms with Crippen LogP contribution < -0.4 is 4.90 Å². The number of piperidine rings is 1. The Hall–Kier alpha value is -0.0400. The Morgan fingerprint density at radius 1 is 1.22 bits per heavy atom. The van der Waals surface area contributed by atoms with Crippen molar-refractivity contribution < 1.29 is 4.90 Å². The number of hydrogen-bond acceptors (Lipinski definition) is 0. The van der Waals surface area contributed by atoms with E-state index in [1.165, 1.54) is 24.4 Å². The van der Waals surface area contributed by atoms with E-state index in [4.69, 9.17) is 0 Å². The lowest BCUT2D eigenvalue weighted by Gasteiger charge is -2.33. The fraction of sp³-hybridized carbons (Fsp3) is 0.875. The van der Waals surface area contributed by atoms with E-state index in [-0.39, 0.29) is 0 Å². The number of rotatable bonds is 0. The summed E-state index contributed by atoms with van der Waals surface area (Å²) >= 11 is 0. The molecule has 1 heteroatoms. The van der Waals surface area contributed by atoms with E-state index in [1.807, 2.05) is 0 Å². The highest BCUT2D eigenvalue weighted by Gasteiger charge is 2.18. The minimum absolute atomic E-state index is 0.890. The lowest BCUT2D eigenvalue weighted by atomic mass is 9.92. The summed E-state index contributed by atoms with van der Waals surface area (Å²) in [5.41, 5.74) is 0. The van der Waals surface area contributed by atoms with Crippen molar-refractivity contribution in [1.82, 2.24) is 0 Å². The van der Waals surface area contributed by atoms with Crippen molar-refractivity contribution >= 4 is 0 Å². The van der Waals surface area contributed by atoms with Crippen LogP contribution in [0.4, 0.5) is 0 Å². The van der Waals surface area contributed by atoms with Gasteiger partial charge in [-0.25, -0.2) is 0 Å². The summed E-state index contributed by atoms with van der Waals surface area (Å²) in [7, 11) is 4.01. The summed E-state index contributed by atoms with van der Waals surface area (Å²) < 4.78 is 0. The summed E-state index contributed by atoms with van der Waals surface area (Å²) in [4.78, 5) is 1.46. The van der Waals surface area contributed by atoms with Crippen LogP contribution in [0.1, 0.15) is 20.3 Å².